The molecule has 0 amide bonds. The average molecular weight is 432 g/mol. The van der Waals surface area contributed by atoms with Crippen molar-refractivity contribution in [1.29, 1.82) is 0 Å². The van der Waals surface area contributed by atoms with Crippen LogP contribution >= 0.6 is 0 Å². The van der Waals surface area contributed by atoms with Crippen LogP contribution in [0, 0.1) is 0 Å². The standard InChI is InChI=1S/C17H19F3N4O4S/c1-23-12-21-10-14(23)11-27-22-13-6-8-24(9-7-13)29(25,26)16-4-2-15(3-5-16)28-17(18,19)20/h2-6,10,12,22H,7-9,11H2,1H3. The van der Waals surface area contributed by atoms with Gasteiger partial charge in [-0.15, -0.1) is 13.2 Å². The number of nitrogens with zero attached hydrogens (tertiary/aromatic N) is 3. The summed E-state index contributed by atoms with van der Waals surface area (Å²) in [5.74, 6) is -0.480. The van der Waals surface area contributed by atoms with E-state index in [-0.39, 0.29) is 18.0 Å². The first-order chi connectivity index (χ1) is 13.6. The highest BCUT2D eigenvalue weighted by Gasteiger charge is 2.31. The number of nitrogens with one attached hydrogen (secondary N) is 1. The van der Waals surface area contributed by atoms with Crippen molar-refractivity contribution in [1.82, 2.24) is 19.3 Å². The van der Waals surface area contributed by atoms with Crippen molar-refractivity contribution in [3.8, 4) is 5.75 Å². The van der Waals surface area contributed by atoms with Crippen LogP contribution in [0.3, 0.4) is 0 Å². The van der Waals surface area contributed by atoms with Crippen molar-refractivity contribution in [2.75, 3.05) is 13.1 Å². The molecule has 29 heavy (non-hydrogen) atoms. The number of benzene rings is 1. The molecule has 0 unspecified atom stereocenters. The fraction of sp³-hybridized carbons (Fsp3) is 0.353. The molecule has 0 bridgehead atoms. The van der Waals surface area contributed by atoms with Gasteiger partial charge >= 0.3 is 6.36 Å². The van der Waals surface area contributed by atoms with Crippen LogP contribution < -0.4 is 10.2 Å². The number of aryl methyl sites for hydroxylation is 1. The summed E-state index contributed by atoms with van der Waals surface area (Å²) in [7, 11) is -1.99. The number of hydroxylamine groups is 1. The van der Waals surface area contributed by atoms with Gasteiger partial charge in [-0.1, -0.05) is 0 Å². The Hall–Kier alpha value is -2.57. The van der Waals surface area contributed by atoms with Crippen LogP contribution in [0.5, 0.6) is 5.75 Å². The van der Waals surface area contributed by atoms with Crippen molar-refractivity contribution in [2.45, 2.75) is 24.3 Å². The average Bonchev–Trinajstić information content (AvgIpc) is 3.06. The lowest BCUT2D eigenvalue weighted by molar-refractivity contribution is -0.274. The number of sulfonamides is 1. The van der Waals surface area contributed by atoms with Gasteiger partial charge in [0.25, 0.3) is 0 Å². The zero-order valence-corrected chi connectivity index (χ0v) is 16.2. The molecule has 2 aromatic rings. The van der Waals surface area contributed by atoms with Crippen molar-refractivity contribution in [3.63, 3.8) is 0 Å². The van der Waals surface area contributed by atoms with Crippen molar-refractivity contribution in [3.05, 3.63) is 54.3 Å². The Kier molecular flexibility index (Phi) is 6.15. The Morgan fingerprint density at radius 1 is 1.24 bits per heavy atom. The second-order valence-electron chi connectivity index (χ2n) is 6.25. The largest absolute Gasteiger partial charge is 0.573 e. The first-order valence-corrected chi connectivity index (χ1v) is 9.97. The molecule has 0 aliphatic carbocycles. The van der Waals surface area contributed by atoms with Crippen LogP contribution in [0.25, 0.3) is 0 Å². The van der Waals surface area contributed by atoms with Crippen LogP contribution in [0.1, 0.15) is 12.1 Å². The number of hydrogen-bond donors (Lipinski definition) is 1. The van der Waals surface area contributed by atoms with E-state index in [2.05, 4.69) is 15.2 Å². The molecule has 8 nitrogen and oxygen atoms in total. The molecule has 0 fully saturated rings. The Balaban J connectivity index is 1.56. The lowest BCUT2D eigenvalue weighted by Gasteiger charge is -2.26. The number of ether oxygens (including phenoxy) is 1. The number of imidazole rings is 1. The molecule has 0 saturated carbocycles. The van der Waals surface area contributed by atoms with E-state index in [1.807, 2.05) is 11.6 Å². The van der Waals surface area contributed by atoms with Gasteiger partial charge in [-0.05, 0) is 30.3 Å². The topological polar surface area (TPSA) is 85.7 Å². The van der Waals surface area contributed by atoms with Gasteiger partial charge in [0.05, 0.1) is 23.1 Å². The van der Waals surface area contributed by atoms with Crippen LogP contribution in [0.2, 0.25) is 0 Å². The fourth-order valence-corrected chi connectivity index (χ4v) is 4.03. The molecular weight excluding hydrogens is 413 g/mol. The molecule has 1 aromatic carbocycles. The van der Waals surface area contributed by atoms with E-state index in [1.165, 1.54) is 4.31 Å². The maximum Gasteiger partial charge on any atom is 0.573 e. The van der Waals surface area contributed by atoms with E-state index in [1.54, 1.807) is 18.6 Å². The molecule has 1 aliphatic rings. The van der Waals surface area contributed by atoms with Crippen molar-refractivity contribution < 1.29 is 31.2 Å². The summed E-state index contributed by atoms with van der Waals surface area (Å²) in [5, 5.41) is 0. The number of alkyl halides is 3. The minimum absolute atomic E-state index is 0.107. The first kappa shape index (κ1) is 21.1. The van der Waals surface area contributed by atoms with Gasteiger partial charge < -0.3 is 9.30 Å². The van der Waals surface area contributed by atoms with Gasteiger partial charge in [-0.3, -0.25) is 10.3 Å². The smallest absolute Gasteiger partial charge is 0.406 e. The summed E-state index contributed by atoms with van der Waals surface area (Å²) in [6, 6.07) is 4.12. The molecule has 158 valence electrons. The summed E-state index contributed by atoms with van der Waals surface area (Å²) in [5.41, 5.74) is 4.42. The lowest BCUT2D eigenvalue weighted by Crippen LogP contribution is -2.36. The van der Waals surface area contributed by atoms with Crippen molar-refractivity contribution in [2.24, 2.45) is 7.05 Å². The van der Waals surface area contributed by atoms with Gasteiger partial charge in [-0.2, -0.15) is 4.31 Å². The molecule has 12 heteroatoms. The van der Waals surface area contributed by atoms with Gasteiger partial charge in [0, 0.05) is 32.3 Å². The van der Waals surface area contributed by atoms with Crippen LogP contribution in [-0.2, 0) is 28.5 Å². The van der Waals surface area contributed by atoms with E-state index in [4.69, 9.17) is 4.84 Å². The molecule has 2 heterocycles. The van der Waals surface area contributed by atoms with Gasteiger partial charge in [0.1, 0.15) is 12.4 Å². The molecular formula is C17H19F3N4O4S. The zero-order valence-electron chi connectivity index (χ0n) is 15.4. The predicted octanol–water partition coefficient (Wildman–Crippen LogP) is 2.32. The normalized spacial score (nSPS) is 15.8. The number of aromatic nitrogens is 2. The van der Waals surface area contributed by atoms with Gasteiger partial charge in [-0.25, -0.2) is 13.4 Å². The lowest BCUT2D eigenvalue weighted by atomic mass is 10.2. The summed E-state index contributed by atoms with van der Waals surface area (Å²) >= 11 is 0. The third kappa shape index (κ3) is 5.49. The van der Waals surface area contributed by atoms with Crippen molar-refractivity contribution >= 4 is 10.0 Å². The first-order valence-electron chi connectivity index (χ1n) is 8.53. The molecule has 3 rings (SSSR count). The van der Waals surface area contributed by atoms with E-state index in [0.29, 0.717) is 13.0 Å². The Bertz CT molecular complexity index is 971. The van der Waals surface area contributed by atoms with Gasteiger partial charge in [0.2, 0.25) is 10.0 Å². The molecule has 0 spiro atoms. The van der Waals surface area contributed by atoms with Gasteiger partial charge in [0.15, 0.2) is 0 Å². The minimum atomic E-state index is -4.83. The maximum atomic E-state index is 12.7. The quantitative estimate of drug-likeness (QED) is 0.676. The molecule has 1 aliphatic heterocycles. The fourth-order valence-electron chi connectivity index (χ4n) is 2.65. The molecule has 1 N–H and O–H groups in total. The number of halogens is 3. The summed E-state index contributed by atoms with van der Waals surface area (Å²) in [6.45, 7) is 0.611. The SMILES string of the molecule is Cn1cncc1CONC1=CCN(S(=O)(=O)c2ccc(OC(F)(F)F)cc2)CC1. The Morgan fingerprint density at radius 2 is 1.97 bits per heavy atom. The molecule has 0 atom stereocenters. The molecule has 0 saturated heterocycles. The summed E-state index contributed by atoms with van der Waals surface area (Å²) < 4.78 is 68.8. The second kappa shape index (κ2) is 8.43. The molecule has 0 radical (unpaired) electrons. The van der Waals surface area contributed by atoms with E-state index >= 15 is 0 Å². The summed E-state index contributed by atoms with van der Waals surface area (Å²) in [4.78, 5) is 9.28. The van der Waals surface area contributed by atoms with E-state index in [9.17, 15) is 21.6 Å². The number of rotatable bonds is 7. The maximum absolute atomic E-state index is 12.7. The van der Waals surface area contributed by atoms with Crippen LogP contribution in [-0.4, -0.2) is 41.7 Å². The highest BCUT2D eigenvalue weighted by atomic mass is 32.2. The predicted molar refractivity (Wildman–Crippen MR) is 95.7 cm³/mol. The van der Waals surface area contributed by atoms with E-state index in [0.717, 1.165) is 35.7 Å². The highest BCUT2D eigenvalue weighted by molar-refractivity contribution is 7.89. The summed E-state index contributed by atoms with van der Waals surface area (Å²) in [6.07, 6.45) is 0.588. The van der Waals surface area contributed by atoms with Crippen LogP contribution in [0.4, 0.5) is 13.2 Å². The Labute approximate surface area is 165 Å². The monoisotopic (exact) mass is 432 g/mol. The third-order valence-corrected chi connectivity index (χ3v) is 6.09. The number of hydrogen-bond acceptors (Lipinski definition) is 6. The van der Waals surface area contributed by atoms with Crippen LogP contribution in [0.15, 0.2) is 53.5 Å². The third-order valence-electron chi connectivity index (χ3n) is 4.21. The zero-order chi connectivity index (χ0) is 21.1. The Morgan fingerprint density at radius 3 is 2.52 bits per heavy atom. The minimum Gasteiger partial charge on any atom is -0.406 e. The highest BCUT2D eigenvalue weighted by Crippen LogP contribution is 2.26. The van der Waals surface area contributed by atoms with E-state index < -0.39 is 22.1 Å². The second-order valence-corrected chi connectivity index (χ2v) is 8.19. The molecule has 1 aromatic heterocycles.